The molecule has 0 aromatic carbocycles. The van der Waals surface area contributed by atoms with E-state index in [1.165, 1.54) is 31.7 Å². The largest absolute Gasteiger partial charge is 0.382 e. The fourth-order valence-electron chi connectivity index (χ4n) is 1.55. The first-order valence-electron chi connectivity index (χ1n) is 5.61. The molecule has 1 aliphatic carbocycles. The van der Waals surface area contributed by atoms with Gasteiger partial charge in [-0.3, -0.25) is 4.79 Å². The third-order valence-electron chi connectivity index (χ3n) is 2.68. The monoisotopic (exact) mass is 220 g/mol. The highest BCUT2D eigenvalue weighted by molar-refractivity contribution is 5.91. The molecule has 1 saturated carbocycles. The summed E-state index contributed by atoms with van der Waals surface area (Å²) in [7, 11) is 0. The molecule has 1 fully saturated rings. The number of anilines is 1. The molecule has 1 aromatic heterocycles. The molecule has 0 bridgehead atoms. The van der Waals surface area contributed by atoms with E-state index in [9.17, 15) is 4.79 Å². The Morgan fingerprint density at radius 3 is 2.88 bits per heavy atom. The van der Waals surface area contributed by atoms with Gasteiger partial charge in [0.05, 0.1) is 12.4 Å². The van der Waals surface area contributed by atoms with Gasteiger partial charge in [-0.1, -0.05) is 12.8 Å². The Hall–Kier alpha value is -1.65. The Bertz CT molecular complexity index is 359. The minimum absolute atomic E-state index is 0.178. The second-order valence-electron chi connectivity index (χ2n) is 4.17. The zero-order chi connectivity index (χ0) is 11.4. The van der Waals surface area contributed by atoms with E-state index in [0.29, 0.717) is 18.1 Å². The van der Waals surface area contributed by atoms with Gasteiger partial charge in [-0.05, 0) is 18.8 Å². The maximum absolute atomic E-state index is 11.6. The Morgan fingerprint density at radius 1 is 1.44 bits per heavy atom. The van der Waals surface area contributed by atoms with E-state index >= 15 is 0 Å². The molecule has 86 valence electrons. The molecule has 3 N–H and O–H groups in total. The number of hydrogen-bond donors (Lipinski definition) is 2. The maximum Gasteiger partial charge on any atom is 0.271 e. The van der Waals surface area contributed by atoms with Crippen LogP contribution in [0.15, 0.2) is 12.4 Å². The molecule has 1 amide bonds. The molecule has 1 heterocycles. The molecule has 0 atom stereocenters. The van der Waals surface area contributed by atoms with Gasteiger partial charge in [-0.2, -0.15) is 0 Å². The van der Waals surface area contributed by atoms with Gasteiger partial charge in [0.15, 0.2) is 0 Å². The van der Waals surface area contributed by atoms with E-state index in [1.807, 2.05) is 0 Å². The Kier molecular flexibility index (Phi) is 3.34. The van der Waals surface area contributed by atoms with Gasteiger partial charge in [-0.15, -0.1) is 0 Å². The molecule has 0 spiro atoms. The molecular formula is C11H16N4O. The number of hydrogen-bond acceptors (Lipinski definition) is 4. The quantitative estimate of drug-likeness (QED) is 0.725. The zero-order valence-corrected chi connectivity index (χ0v) is 9.15. The topological polar surface area (TPSA) is 80.9 Å². The number of carbonyl (C=O) groups excluding carboxylic acids is 1. The summed E-state index contributed by atoms with van der Waals surface area (Å²) in [5.41, 5.74) is 5.70. The first kappa shape index (κ1) is 10.9. The number of amides is 1. The Labute approximate surface area is 94.5 Å². The lowest BCUT2D eigenvalue weighted by molar-refractivity contribution is 0.0947. The van der Waals surface area contributed by atoms with Crippen molar-refractivity contribution in [2.75, 3.05) is 12.3 Å². The molecule has 1 aromatic rings. The summed E-state index contributed by atoms with van der Waals surface area (Å²) in [4.78, 5) is 19.3. The summed E-state index contributed by atoms with van der Waals surface area (Å²) in [6, 6.07) is 0. The van der Waals surface area contributed by atoms with Crippen molar-refractivity contribution in [3.8, 4) is 0 Å². The average Bonchev–Trinajstić information content (AvgIpc) is 3.09. The molecule has 5 heteroatoms. The van der Waals surface area contributed by atoms with Crippen LogP contribution in [0.25, 0.3) is 0 Å². The van der Waals surface area contributed by atoms with Gasteiger partial charge in [-0.25, -0.2) is 9.97 Å². The first-order chi connectivity index (χ1) is 7.75. The molecule has 0 radical (unpaired) electrons. The van der Waals surface area contributed by atoms with Crippen molar-refractivity contribution in [2.24, 2.45) is 5.92 Å². The highest BCUT2D eigenvalue weighted by Gasteiger charge is 2.20. The van der Waals surface area contributed by atoms with Crippen LogP contribution in [0.1, 0.15) is 36.2 Å². The molecule has 5 nitrogen and oxygen atoms in total. The van der Waals surface area contributed by atoms with E-state index in [1.54, 1.807) is 0 Å². The van der Waals surface area contributed by atoms with Crippen molar-refractivity contribution in [2.45, 2.75) is 25.7 Å². The normalized spacial score (nSPS) is 14.8. The van der Waals surface area contributed by atoms with Crippen molar-refractivity contribution in [3.63, 3.8) is 0 Å². The molecule has 0 unspecified atom stereocenters. The van der Waals surface area contributed by atoms with Crippen LogP contribution in [-0.4, -0.2) is 22.4 Å². The maximum atomic E-state index is 11.6. The smallest absolute Gasteiger partial charge is 0.271 e. The summed E-state index contributed by atoms with van der Waals surface area (Å²) in [5, 5.41) is 2.82. The van der Waals surface area contributed by atoms with Gasteiger partial charge in [0.25, 0.3) is 5.91 Å². The van der Waals surface area contributed by atoms with E-state index in [2.05, 4.69) is 15.3 Å². The van der Waals surface area contributed by atoms with Crippen molar-refractivity contribution in [3.05, 3.63) is 18.1 Å². The fourth-order valence-corrected chi connectivity index (χ4v) is 1.55. The van der Waals surface area contributed by atoms with E-state index in [0.717, 1.165) is 12.3 Å². The second kappa shape index (κ2) is 4.92. The van der Waals surface area contributed by atoms with Gasteiger partial charge in [0, 0.05) is 6.54 Å². The third-order valence-corrected chi connectivity index (χ3v) is 2.68. The predicted octanol–water partition coefficient (Wildman–Crippen LogP) is 0.979. The number of carbonyl (C=O) groups is 1. The first-order valence-corrected chi connectivity index (χ1v) is 5.61. The van der Waals surface area contributed by atoms with E-state index < -0.39 is 0 Å². The number of aromatic nitrogens is 2. The van der Waals surface area contributed by atoms with Crippen molar-refractivity contribution >= 4 is 11.7 Å². The van der Waals surface area contributed by atoms with Crippen LogP contribution < -0.4 is 11.1 Å². The van der Waals surface area contributed by atoms with Crippen LogP contribution in [0.5, 0.6) is 0 Å². The van der Waals surface area contributed by atoms with Crippen LogP contribution >= 0.6 is 0 Å². The summed E-state index contributed by atoms with van der Waals surface area (Å²) >= 11 is 0. The van der Waals surface area contributed by atoms with E-state index in [-0.39, 0.29) is 5.91 Å². The molecule has 0 saturated heterocycles. The van der Waals surface area contributed by atoms with E-state index in [4.69, 9.17) is 5.73 Å². The van der Waals surface area contributed by atoms with Gasteiger partial charge in [0.1, 0.15) is 11.5 Å². The summed E-state index contributed by atoms with van der Waals surface area (Å²) in [6.07, 6.45) is 7.76. The summed E-state index contributed by atoms with van der Waals surface area (Å²) in [5.74, 6) is 1.06. The number of nitrogens with zero attached hydrogens (tertiary/aromatic N) is 2. The Balaban J connectivity index is 1.71. The van der Waals surface area contributed by atoms with Crippen LogP contribution in [0.4, 0.5) is 5.82 Å². The fraction of sp³-hybridized carbons (Fsp3) is 0.545. The minimum atomic E-state index is -0.178. The lowest BCUT2D eigenvalue weighted by Crippen LogP contribution is -2.25. The zero-order valence-electron chi connectivity index (χ0n) is 9.15. The van der Waals surface area contributed by atoms with Gasteiger partial charge >= 0.3 is 0 Å². The number of nitrogens with two attached hydrogens (primary N) is 1. The minimum Gasteiger partial charge on any atom is -0.382 e. The second-order valence-corrected chi connectivity index (χ2v) is 4.17. The average molecular weight is 220 g/mol. The lowest BCUT2D eigenvalue weighted by Gasteiger charge is -2.03. The SMILES string of the molecule is Nc1cnc(C(=O)NCCCC2CC2)cn1. The predicted molar refractivity (Wildman–Crippen MR) is 60.7 cm³/mol. The van der Waals surface area contributed by atoms with Gasteiger partial charge < -0.3 is 11.1 Å². The highest BCUT2D eigenvalue weighted by Crippen LogP contribution is 2.33. The summed E-state index contributed by atoms with van der Waals surface area (Å²) in [6.45, 7) is 0.710. The number of nitrogen functional groups attached to an aromatic ring is 1. The molecular weight excluding hydrogens is 204 g/mol. The van der Waals surface area contributed by atoms with Gasteiger partial charge in [0.2, 0.25) is 0 Å². The Morgan fingerprint density at radius 2 is 2.25 bits per heavy atom. The number of nitrogens with one attached hydrogen (secondary N) is 1. The van der Waals surface area contributed by atoms with Crippen molar-refractivity contribution < 1.29 is 4.79 Å². The third kappa shape index (κ3) is 3.18. The molecule has 16 heavy (non-hydrogen) atoms. The molecule has 1 aliphatic rings. The molecule has 0 aliphatic heterocycles. The van der Waals surface area contributed by atoms with Crippen molar-refractivity contribution in [1.82, 2.24) is 15.3 Å². The van der Waals surface area contributed by atoms with Crippen LogP contribution in [0.3, 0.4) is 0 Å². The van der Waals surface area contributed by atoms with Crippen molar-refractivity contribution in [1.29, 1.82) is 0 Å². The highest BCUT2D eigenvalue weighted by atomic mass is 16.1. The molecule has 2 rings (SSSR count). The van der Waals surface area contributed by atoms with Crippen LogP contribution in [-0.2, 0) is 0 Å². The number of rotatable bonds is 5. The van der Waals surface area contributed by atoms with Crippen LogP contribution in [0, 0.1) is 5.92 Å². The summed E-state index contributed by atoms with van der Waals surface area (Å²) < 4.78 is 0. The van der Waals surface area contributed by atoms with Crippen LogP contribution in [0.2, 0.25) is 0 Å². The lowest BCUT2D eigenvalue weighted by atomic mass is 10.2. The standard InChI is InChI=1S/C11H16N4O/c12-10-7-14-9(6-15-10)11(16)13-5-1-2-8-3-4-8/h6-8H,1-5H2,(H2,12,15)(H,13,16).